The van der Waals surface area contributed by atoms with Crippen molar-refractivity contribution >= 4 is 0 Å². The second kappa shape index (κ2) is 6.56. The summed E-state index contributed by atoms with van der Waals surface area (Å²) in [5.41, 5.74) is 0. The summed E-state index contributed by atoms with van der Waals surface area (Å²) in [4.78, 5) is 32.2. The lowest BCUT2D eigenvalue weighted by Crippen LogP contribution is -2.60. The zero-order chi connectivity index (χ0) is 18.6. The monoisotopic (exact) mass is 356 g/mol. The summed E-state index contributed by atoms with van der Waals surface area (Å²) < 4.78 is 57.0. The summed E-state index contributed by atoms with van der Waals surface area (Å²) in [5, 5.41) is 41.4. The highest BCUT2D eigenvalue weighted by atomic mass is 19.3. The third-order valence-electron chi connectivity index (χ3n) is 2.05. The highest BCUT2D eigenvalue weighted by molar-refractivity contribution is 4.58. The van der Waals surface area contributed by atoms with Crippen molar-refractivity contribution in [3.63, 3.8) is 0 Å². The van der Waals surface area contributed by atoms with Crippen molar-refractivity contribution in [3.8, 4) is 0 Å². The molecule has 0 spiro atoms. The predicted molar refractivity (Wildman–Crippen MR) is 52.5 cm³/mol. The van der Waals surface area contributed by atoms with Crippen LogP contribution in [0.2, 0.25) is 0 Å². The van der Waals surface area contributed by atoms with Crippen LogP contribution in [0.15, 0.2) is 0 Å². The molecule has 0 unspecified atom stereocenters. The molecule has 0 rings (SSSR count). The number of alkyl halides is 4. The Morgan fingerprint density at radius 3 is 1.04 bits per heavy atom. The van der Waals surface area contributed by atoms with Crippen molar-refractivity contribution in [1.82, 2.24) is 0 Å². The van der Waals surface area contributed by atoms with Crippen LogP contribution in [-0.4, -0.2) is 51.0 Å². The third-order valence-corrected chi connectivity index (χ3v) is 2.05. The van der Waals surface area contributed by atoms with Crippen molar-refractivity contribution in [2.24, 2.45) is 0 Å². The maximum Gasteiger partial charge on any atom is 0.613 e. The van der Waals surface area contributed by atoms with Gasteiger partial charge in [0.2, 0.25) is 0 Å². The molecular formula is C5H4F4N4O10. The second-order valence-electron chi connectivity index (χ2n) is 3.45. The second-order valence-corrected chi connectivity index (χ2v) is 3.45. The maximum absolute atomic E-state index is 13.2. The van der Waals surface area contributed by atoms with E-state index >= 15 is 0 Å². The molecule has 0 aromatic carbocycles. The van der Waals surface area contributed by atoms with Crippen molar-refractivity contribution in [1.29, 1.82) is 0 Å². The highest BCUT2D eigenvalue weighted by Gasteiger charge is 2.72. The Kier molecular flexibility index (Phi) is 5.77. The minimum atomic E-state index is -5.85. The van der Waals surface area contributed by atoms with Crippen LogP contribution in [0.4, 0.5) is 17.6 Å². The van der Waals surface area contributed by atoms with E-state index < -0.39 is 51.0 Å². The summed E-state index contributed by atoms with van der Waals surface area (Å²) in [6.07, 6.45) is -5.85. The molecule has 0 fully saturated rings. The van der Waals surface area contributed by atoms with Gasteiger partial charge < -0.3 is 0 Å². The molecule has 0 saturated carbocycles. The molecule has 23 heavy (non-hydrogen) atoms. The molecule has 0 aromatic heterocycles. The smallest absolute Gasteiger partial charge is 0.256 e. The Bertz CT molecular complexity index is 455. The number of nitrogens with zero attached hydrogens (tertiary/aromatic N) is 4. The fraction of sp³-hybridized carbons (Fsp3) is 1.00. The van der Waals surface area contributed by atoms with E-state index in [4.69, 9.17) is 0 Å². The van der Waals surface area contributed by atoms with Gasteiger partial charge in [-0.2, -0.15) is 9.47 Å². The van der Waals surface area contributed by atoms with Gasteiger partial charge in [-0.05, 0) is 0 Å². The number of halogens is 4. The molecule has 132 valence electrons. The van der Waals surface area contributed by atoms with Gasteiger partial charge in [-0.15, -0.1) is 8.78 Å². The fourth-order valence-electron chi connectivity index (χ4n) is 0.934. The maximum atomic E-state index is 13.2. The van der Waals surface area contributed by atoms with Crippen LogP contribution in [0, 0.1) is 40.5 Å². The molecule has 0 atom stereocenters. The van der Waals surface area contributed by atoms with Gasteiger partial charge in [0, 0.05) is 0 Å². The third kappa shape index (κ3) is 3.71. The minimum absolute atomic E-state index is 2.29. The quantitative estimate of drug-likeness (QED) is 0.221. The van der Waals surface area contributed by atoms with Gasteiger partial charge in [-0.3, -0.25) is 40.5 Å². The van der Waals surface area contributed by atoms with Gasteiger partial charge >= 0.3 is 18.0 Å². The van der Waals surface area contributed by atoms with E-state index in [0.29, 0.717) is 0 Å². The Balaban J connectivity index is 5.81. The number of nitro groups is 4. The molecule has 0 aliphatic rings. The predicted octanol–water partition coefficient (Wildman–Crippen LogP) is -0.0767. The number of ether oxygens (including phenoxy) is 2. The zero-order valence-electron chi connectivity index (χ0n) is 10.3. The fourth-order valence-corrected chi connectivity index (χ4v) is 0.934. The van der Waals surface area contributed by atoms with Gasteiger partial charge in [0.25, 0.3) is 13.3 Å². The first-order chi connectivity index (χ1) is 10.3. The lowest BCUT2D eigenvalue weighted by atomic mass is 10.5. The van der Waals surface area contributed by atoms with Crippen LogP contribution in [-0.2, 0) is 9.47 Å². The molecule has 14 nitrogen and oxygen atoms in total. The Morgan fingerprint density at radius 2 is 0.913 bits per heavy atom. The first-order valence-electron chi connectivity index (χ1n) is 4.79. The van der Waals surface area contributed by atoms with Crippen molar-refractivity contribution in [2.75, 3.05) is 13.3 Å². The van der Waals surface area contributed by atoms with Crippen LogP contribution in [0.3, 0.4) is 0 Å². The topological polar surface area (TPSA) is 191 Å². The molecule has 0 aliphatic carbocycles. The van der Waals surface area contributed by atoms with Gasteiger partial charge in [0.05, 0.1) is 0 Å². The molecule has 0 amide bonds. The van der Waals surface area contributed by atoms with E-state index in [1.807, 2.05) is 0 Å². The molecule has 0 bridgehead atoms. The summed E-state index contributed by atoms with van der Waals surface area (Å²) in [6, 6.07) is 0. The average molecular weight is 356 g/mol. The number of hydrogen-bond acceptors (Lipinski definition) is 10. The van der Waals surface area contributed by atoms with Crippen LogP contribution in [0.25, 0.3) is 0 Å². The van der Waals surface area contributed by atoms with Crippen LogP contribution in [0.5, 0.6) is 0 Å². The van der Waals surface area contributed by atoms with E-state index in [9.17, 15) is 58.0 Å². The van der Waals surface area contributed by atoms with Gasteiger partial charge in [0.15, 0.2) is 0 Å². The summed E-state index contributed by atoms with van der Waals surface area (Å²) in [7, 11) is 0. The van der Waals surface area contributed by atoms with Gasteiger partial charge in [0.1, 0.15) is 19.7 Å². The van der Waals surface area contributed by atoms with Crippen molar-refractivity contribution < 1.29 is 46.7 Å². The van der Waals surface area contributed by atoms with E-state index in [1.165, 1.54) is 0 Å². The van der Waals surface area contributed by atoms with E-state index in [0.717, 1.165) is 0 Å². The first kappa shape index (κ1) is 20.2. The standard InChI is InChI=1S/C5H4F4N4O10/c6-1-3(10(14)15,11(16)17)22-5(8,9)23-4(2-7,12(18)19)13(20)21/h1-2H2. The average Bonchev–Trinajstić information content (AvgIpc) is 2.40. The van der Waals surface area contributed by atoms with Crippen molar-refractivity contribution in [3.05, 3.63) is 40.5 Å². The summed E-state index contributed by atoms with van der Waals surface area (Å²) in [5.74, 6) is -9.39. The minimum Gasteiger partial charge on any atom is -0.256 e. The van der Waals surface area contributed by atoms with E-state index in [1.54, 1.807) is 0 Å². The Morgan fingerprint density at radius 1 is 0.696 bits per heavy atom. The van der Waals surface area contributed by atoms with Crippen LogP contribution < -0.4 is 0 Å². The molecule has 0 radical (unpaired) electrons. The normalized spacial score (nSPS) is 12.7. The SMILES string of the molecule is O=[N+]([O-])C(CF)(OC(F)(F)OC(CF)([N+](=O)[O-])[N+](=O)[O-])[N+](=O)[O-]. The molecule has 0 heterocycles. The lowest BCUT2D eigenvalue weighted by molar-refractivity contribution is -0.893. The molecule has 0 saturated heterocycles. The number of rotatable bonds is 10. The molecule has 0 aromatic rings. The lowest BCUT2D eigenvalue weighted by Gasteiger charge is -2.22. The molecular weight excluding hydrogens is 352 g/mol. The first-order valence-corrected chi connectivity index (χ1v) is 4.79. The summed E-state index contributed by atoms with van der Waals surface area (Å²) in [6.45, 7) is -5.63. The van der Waals surface area contributed by atoms with Crippen molar-refractivity contribution in [2.45, 2.75) is 18.0 Å². The summed E-state index contributed by atoms with van der Waals surface area (Å²) >= 11 is 0. The zero-order valence-corrected chi connectivity index (χ0v) is 10.3. The molecule has 18 heteroatoms. The number of hydrogen-bond donors (Lipinski definition) is 0. The Hall–Kier alpha value is -2.76. The van der Waals surface area contributed by atoms with Gasteiger partial charge in [-0.1, -0.05) is 0 Å². The molecule has 0 N–H and O–H groups in total. The largest absolute Gasteiger partial charge is 0.613 e. The van der Waals surface area contributed by atoms with Crippen LogP contribution in [0.1, 0.15) is 0 Å². The Labute approximate surface area is 120 Å². The van der Waals surface area contributed by atoms with E-state index in [2.05, 4.69) is 9.47 Å². The van der Waals surface area contributed by atoms with Crippen LogP contribution >= 0.6 is 0 Å². The van der Waals surface area contributed by atoms with Gasteiger partial charge in [-0.25, -0.2) is 8.78 Å². The highest BCUT2D eigenvalue weighted by Crippen LogP contribution is 2.32. The molecule has 0 aliphatic heterocycles. The van der Waals surface area contributed by atoms with E-state index in [-0.39, 0.29) is 0 Å².